The number of hydrogen-bond donors (Lipinski definition) is 2. The van der Waals surface area contributed by atoms with Gasteiger partial charge in [-0.05, 0) is 54.7 Å². The van der Waals surface area contributed by atoms with Crippen LogP contribution in [0.3, 0.4) is 0 Å². The van der Waals surface area contributed by atoms with E-state index in [4.69, 9.17) is 4.52 Å². The number of aryl methyl sites for hydroxylation is 1. The number of fused-ring (bicyclic) bond motifs is 1. The maximum Gasteiger partial charge on any atom is 0.233 e. The van der Waals surface area contributed by atoms with Gasteiger partial charge in [-0.1, -0.05) is 29.4 Å². The molecule has 146 valence electrons. The Bertz CT molecular complexity index is 1150. The quantitative estimate of drug-likeness (QED) is 0.658. The molecule has 2 aromatic carbocycles. The lowest BCUT2D eigenvalue weighted by Gasteiger charge is -2.34. The van der Waals surface area contributed by atoms with Gasteiger partial charge in [0.15, 0.2) is 5.78 Å². The van der Waals surface area contributed by atoms with Crippen molar-refractivity contribution in [1.29, 1.82) is 0 Å². The molecule has 2 N–H and O–H groups in total. The first kappa shape index (κ1) is 17.7. The lowest BCUT2D eigenvalue weighted by atomic mass is 9.72. The average Bonchev–Trinajstić information content (AvgIpc) is 3.07. The molecule has 6 heteroatoms. The van der Waals surface area contributed by atoms with Crippen molar-refractivity contribution in [2.24, 2.45) is 0 Å². The van der Waals surface area contributed by atoms with Gasteiger partial charge in [0.2, 0.25) is 5.88 Å². The van der Waals surface area contributed by atoms with Crippen LogP contribution in [-0.2, 0) is 4.79 Å². The number of hydrogen-bond acceptors (Lipinski definition) is 5. The Morgan fingerprint density at radius 3 is 2.69 bits per heavy atom. The summed E-state index contributed by atoms with van der Waals surface area (Å²) in [5.74, 6) is -0.0276. The zero-order valence-electron chi connectivity index (χ0n) is 15.8. The Hall–Kier alpha value is -3.41. The van der Waals surface area contributed by atoms with Crippen molar-refractivity contribution < 1.29 is 18.8 Å². The fraction of sp³-hybridized carbons (Fsp3) is 0.217. The molecule has 1 aromatic heterocycles. The van der Waals surface area contributed by atoms with Gasteiger partial charge in [-0.25, -0.2) is 4.39 Å². The smallest absolute Gasteiger partial charge is 0.233 e. The second-order valence-corrected chi connectivity index (χ2v) is 7.64. The number of halogens is 1. The van der Waals surface area contributed by atoms with Crippen LogP contribution in [0.2, 0.25) is 0 Å². The SMILES string of the molecule is Cc1noc2c1[C@@H](c1cccc(F)c1)C1=C(C[C@@H](c3ccc(O)cc3)CC1=O)N2. The second-order valence-electron chi connectivity index (χ2n) is 7.64. The molecule has 0 spiro atoms. The molecule has 1 aliphatic carbocycles. The van der Waals surface area contributed by atoms with E-state index in [1.54, 1.807) is 18.2 Å². The number of Topliss-reactive ketones (excluding diaryl/α,β-unsaturated/α-hetero) is 1. The molecule has 2 aliphatic rings. The number of ketones is 1. The van der Waals surface area contributed by atoms with Crippen molar-refractivity contribution in [1.82, 2.24) is 5.16 Å². The number of nitrogens with one attached hydrogen (secondary N) is 1. The monoisotopic (exact) mass is 390 g/mol. The highest BCUT2D eigenvalue weighted by Crippen LogP contribution is 2.49. The Kier molecular flexibility index (Phi) is 4.01. The third-order valence-corrected chi connectivity index (χ3v) is 5.80. The van der Waals surface area contributed by atoms with Gasteiger partial charge in [0.25, 0.3) is 0 Å². The second kappa shape index (κ2) is 6.58. The van der Waals surface area contributed by atoms with Gasteiger partial charge < -0.3 is 14.9 Å². The van der Waals surface area contributed by atoms with Gasteiger partial charge in [-0.15, -0.1) is 0 Å². The molecule has 5 nitrogen and oxygen atoms in total. The Balaban J connectivity index is 1.62. The summed E-state index contributed by atoms with van der Waals surface area (Å²) in [4.78, 5) is 13.3. The molecular formula is C23H19FN2O3. The van der Waals surface area contributed by atoms with E-state index in [2.05, 4.69) is 10.5 Å². The van der Waals surface area contributed by atoms with Gasteiger partial charge >= 0.3 is 0 Å². The highest BCUT2D eigenvalue weighted by Gasteiger charge is 2.41. The number of phenols is 1. The van der Waals surface area contributed by atoms with Crippen LogP contribution < -0.4 is 5.32 Å². The lowest BCUT2D eigenvalue weighted by Crippen LogP contribution is -2.29. The predicted molar refractivity (Wildman–Crippen MR) is 105 cm³/mol. The van der Waals surface area contributed by atoms with Gasteiger partial charge in [0, 0.05) is 23.6 Å². The Labute approximate surface area is 166 Å². The summed E-state index contributed by atoms with van der Waals surface area (Å²) in [7, 11) is 0. The van der Waals surface area contributed by atoms with Gasteiger partial charge in [0.1, 0.15) is 11.6 Å². The van der Waals surface area contributed by atoms with E-state index in [0.717, 1.165) is 16.8 Å². The first-order chi connectivity index (χ1) is 14.0. The molecule has 0 saturated carbocycles. The molecule has 0 fully saturated rings. The number of aromatic nitrogens is 1. The van der Waals surface area contributed by atoms with Crippen molar-refractivity contribution >= 4 is 11.7 Å². The normalized spacial score (nSPS) is 20.8. The summed E-state index contributed by atoms with van der Waals surface area (Å²) < 4.78 is 19.5. The average molecular weight is 390 g/mol. The summed E-state index contributed by atoms with van der Waals surface area (Å²) in [5, 5.41) is 16.9. The van der Waals surface area contributed by atoms with Crippen LogP contribution in [0.1, 0.15) is 47.1 Å². The van der Waals surface area contributed by atoms with Crippen LogP contribution in [0.5, 0.6) is 5.75 Å². The molecule has 29 heavy (non-hydrogen) atoms. The van der Waals surface area contributed by atoms with Crippen LogP contribution >= 0.6 is 0 Å². The van der Waals surface area contributed by atoms with Gasteiger partial charge in [-0.2, -0.15) is 0 Å². The third-order valence-electron chi connectivity index (χ3n) is 5.80. The van der Waals surface area contributed by atoms with E-state index in [9.17, 15) is 14.3 Å². The molecule has 1 aliphatic heterocycles. The molecule has 0 saturated heterocycles. The van der Waals surface area contributed by atoms with Crippen molar-refractivity contribution in [3.05, 3.63) is 88.0 Å². The van der Waals surface area contributed by atoms with Crippen LogP contribution in [0.25, 0.3) is 0 Å². The standard InChI is InChI=1S/C23H19FN2O3/c1-12-20-21(14-3-2-4-16(24)9-14)22-18(25-23(20)29-26-12)10-15(11-19(22)28)13-5-7-17(27)8-6-13/h2-9,15,21,25,27H,10-11H2,1H3/t15-,21-/m1/s1. The van der Waals surface area contributed by atoms with E-state index in [1.807, 2.05) is 25.1 Å². The largest absolute Gasteiger partial charge is 0.508 e. The third kappa shape index (κ3) is 2.92. The predicted octanol–water partition coefficient (Wildman–Crippen LogP) is 4.79. The number of carbonyl (C=O) groups excluding carboxylic acids is 1. The molecule has 5 rings (SSSR count). The minimum absolute atomic E-state index is 0.00641. The fourth-order valence-electron chi connectivity index (χ4n) is 4.47. The molecule has 2 heterocycles. The van der Waals surface area contributed by atoms with E-state index in [-0.39, 0.29) is 23.3 Å². The van der Waals surface area contributed by atoms with Crippen LogP contribution in [0.15, 0.2) is 64.3 Å². The zero-order valence-corrected chi connectivity index (χ0v) is 15.8. The molecule has 0 amide bonds. The van der Waals surface area contributed by atoms with E-state index >= 15 is 0 Å². The van der Waals surface area contributed by atoms with E-state index < -0.39 is 5.92 Å². The summed E-state index contributed by atoms with van der Waals surface area (Å²) in [6.07, 6.45) is 0.980. The number of allylic oxidation sites excluding steroid dienone is 2. The van der Waals surface area contributed by atoms with Crippen molar-refractivity contribution in [2.45, 2.75) is 31.6 Å². The van der Waals surface area contributed by atoms with Crippen molar-refractivity contribution in [2.75, 3.05) is 5.32 Å². The topological polar surface area (TPSA) is 75.4 Å². The molecule has 0 unspecified atom stereocenters. The van der Waals surface area contributed by atoms with Gasteiger partial charge in [-0.3, -0.25) is 4.79 Å². The number of aromatic hydroxyl groups is 1. The van der Waals surface area contributed by atoms with Crippen LogP contribution in [-0.4, -0.2) is 16.0 Å². The summed E-state index contributed by atoms with van der Waals surface area (Å²) >= 11 is 0. The zero-order chi connectivity index (χ0) is 20.1. The number of nitrogens with zero attached hydrogens (tertiary/aromatic N) is 1. The highest BCUT2D eigenvalue weighted by molar-refractivity contribution is 6.01. The molecule has 2 atom stereocenters. The van der Waals surface area contributed by atoms with Crippen LogP contribution in [0.4, 0.5) is 10.3 Å². The number of carbonyl (C=O) groups is 1. The highest BCUT2D eigenvalue weighted by atomic mass is 19.1. The molecule has 0 bridgehead atoms. The number of benzene rings is 2. The minimum atomic E-state index is -0.406. The van der Waals surface area contributed by atoms with Crippen molar-refractivity contribution in [3.63, 3.8) is 0 Å². The Morgan fingerprint density at radius 1 is 1.14 bits per heavy atom. The van der Waals surface area contributed by atoms with E-state index in [0.29, 0.717) is 35.6 Å². The molecule has 0 radical (unpaired) electrons. The summed E-state index contributed by atoms with van der Waals surface area (Å²) in [6, 6.07) is 13.3. The fourth-order valence-corrected chi connectivity index (χ4v) is 4.47. The first-order valence-corrected chi connectivity index (χ1v) is 9.55. The number of anilines is 1. The number of phenolic OH excluding ortho intramolecular Hbond substituents is 1. The summed E-state index contributed by atoms with van der Waals surface area (Å²) in [6.45, 7) is 1.83. The van der Waals surface area contributed by atoms with Crippen molar-refractivity contribution in [3.8, 4) is 5.75 Å². The van der Waals surface area contributed by atoms with E-state index in [1.165, 1.54) is 12.1 Å². The van der Waals surface area contributed by atoms with Crippen LogP contribution in [0, 0.1) is 12.7 Å². The lowest BCUT2D eigenvalue weighted by molar-refractivity contribution is -0.116. The summed E-state index contributed by atoms with van der Waals surface area (Å²) in [5.41, 5.74) is 4.61. The minimum Gasteiger partial charge on any atom is -0.508 e. The maximum atomic E-state index is 14.0. The molecule has 3 aromatic rings. The Morgan fingerprint density at radius 2 is 1.93 bits per heavy atom. The first-order valence-electron chi connectivity index (χ1n) is 9.55. The maximum absolute atomic E-state index is 14.0. The molecular weight excluding hydrogens is 371 g/mol. The number of rotatable bonds is 2. The van der Waals surface area contributed by atoms with Gasteiger partial charge in [0.05, 0.1) is 11.3 Å².